The quantitative estimate of drug-likeness (QED) is 0.894. The predicted molar refractivity (Wildman–Crippen MR) is 87.5 cm³/mol. The van der Waals surface area contributed by atoms with Gasteiger partial charge in [-0.3, -0.25) is 0 Å². The van der Waals surface area contributed by atoms with Crippen molar-refractivity contribution in [3.05, 3.63) is 23.8 Å². The van der Waals surface area contributed by atoms with Gasteiger partial charge in [0.25, 0.3) is 0 Å². The highest BCUT2D eigenvalue weighted by molar-refractivity contribution is 5.53. The minimum absolute atomic E-state index is 1.04. The van der Waals surface area contributed by atoms with Gasteiger partial charge in [0.15, 0.2) is 0 Å². The first-order chi connectivity index (χ1) is 10.4. The van der Waals surface area contributed by atoms with Crippen molar-refractivity contribution >= 4 is 5.69 Å². The standard InChI is InChI=1S/C17H27N3O/c1-21-17-5-4-16(20-9-2-3-10-20)14-15(17)6-11-19-12-7-18-8-13-19/h4-5,14,18H,2-3,6-13H2,1H3. The van der Waals surface area contributed by atoms with Crippen molar-refractivity contribution in [2.45, 2.75) is 19.3 Å². The van der Waals surface area contributed by atoms with Crippen molar-refractivity contribution in [2.24, 2.45) is 0 Å². The largest absolute Gasteiger partial charge is 0.496 e. The molecule has 0 radical (unpaired) electrons. The number of benzene rings is 1. The van der Waals surface area contributed by atoms with E-state index >= 15 is 0 Å². The van der Waals surface area contributed by atoms with Gasteiger partial charge in [0, 0.05) is 51.5 Å². The van der Waals surface area contributed by atoms with Gasteiger partial charge >= 0.3 is 0 Å². The van der Waals surface area contributed by atoms with Crippen LogP contribution in [0.1, 0.15) is 18.4 Å². The van der Waals surface area contributed by atoms with Gasteiger partial charge in [-0.2, -0.15) is 0 Å². The Labute approximate surface area is 128 Å². The summed E-state index contributed by atoms with van der Waals surface area (Å²) in [6.45, 7) is 8.08. The number of methoxy groups -OCH3 is 1. The highest BCUT2D eigenvalue weighted by atomic mass is 16.5. The average Bonchev–Trinajstić information content (AvgIpc) is 3.08. The SMILES string of the molecule is COc1ccc(N2CCCC2)cc1CCN1CCNCC1. The van der Waals surface area contributed by atoms with E-state index in [1.165, 1.54) is 37.2 Å². The molecule has 0 aromatic heterocycles. The zero-order chi connectivity index (χ0) is 14.5. The summed E-state index contributed by atoms with van der Waals surface area (Å²) in [7, 11) is 1.78. The molecule has 21 heavy (non-hydrogen) atoms. The van der Waals surface area contributed by atoms with Crippen LogP contribution in [-0.4, -0.2) is 57.8 Å². The highest BCUT2D eigenvalue weighted by Gasteiger charge is 2.15. The molecule has 1 aromatic carbocycles. The van der Waals surface area contributed by atoms with Crippen molar-refractivity contribution in [2.75, 3.05) is 57.8 Å². The van der Waals surface area contributed by atoms with E-state index in [0.717, 1.165) is 44.9 Å². The van der Waals surface area contributed by atoms with Gasteiger partial charge in [0.1, 0.15) is 5.75 Å². The van der Waals surface area contributed by atoms with Crippen molar-refractivity contribution < 1.29 is 4.74 Å². The van der Waals surface area contributed by atoms with E-state index in [4.69, 9.17) is 4.74 Å². The lowest BCUT2D eigenvalue weighted by Gasteiger charge is -2.27. The number of ether oxygens (including phenoxy) is 1. The molecular weight excluding hydrogens is 262 g/mol. The van der Waals surface area contributed by atoms with Crippen LogP contribution >= 0.6 is 0 Å². The second kappa shape index (κ2) is 7.14. The molecule has 1 aromatic rings. The molecule has 0 atom stereocenters. The fraction of sp³-hybridized carbons (Fsp3) is 0.647. The molecule has 0 spiro atoms. The topological polar surface area (TPSA) is 27.7 Å². The Bertz CT molecular complexity index is 451. The van der Waals surface area contributed by atoms with E-state index in [1.807, 2.05) is 0 Å². The minimum atomic E-state index is 1.04. The summed E-state index contributed by atoms with van der Waals surface area (Å²) >= 11 is 0. The van der Waals surface area contributed by atoms with Crippen molar-refractivity contribution in [1.82, 2.24) is 10.2 Å². The molecule has 0 unspecified atom stereocenters. The van der Waals surface area contributed by atoms with Crippen LogP contribution in [0, 0.1) is 0 Å². The monoisotopic (exact) mass is 289 g/mol. The predicted octanol–water partition coefficient (Wildman–Crippen LogP) is 1.74. The summed E-state index contributed by atoms with van der Waals surface area (Å²) in [6, 6.07) is 6.69. The number of hydrogen-bond donors (Lipinski definition) is 1. The summed E-state index contributed by atoms with van der Waals surface area (Å²) < 4.78 is 5.55. The van der Waals surface area contributed by atoms with Crippen LogP contribution in [0.15, 0.2) is 18.2 Å². The van der Waals surface area contributed by atoms with Crippen molar-refractivity contribution in [1.29, 1.82) is 0 Å². The number of anilines is 1. The third-order valence-corrected chi connectivity index (χ3v) is 4.64. The molecule has 0 amide bonds. The summed E-state index contributed by atoms with van der Waals surface area (Å²) in [5.41, 5.74) is 2.71. The Morgan fingerprint density at radius 1 is 1.10 bits per heavy atom. The Hall–Kier alpha value is -1.26. The molecule has 1 N–H and O–H groups in total. The van der Waals surface area contributed by atoms with Crippen molar-refractivity contribution in [3.63, 3.8) is 0 Å². The Balaban J connectivity index is 1.67. The molecule has 2 heterocycles. The van der Waals surface area contributed by atoms with Gasteiger partial charge in [0.05, 0.1) is 7.11 Å². The Kier molecular flexibility index (Phi) is 4.99. The summed E-state index contributed by atoms with van der Waals surface area (Å²) in [5, 5.41) is 3.41. The molecule has 2 aliphatic heterocycles. The molecule has 2 saturated heterocycles. The zero-order valence-electron chi connectivity index (χ0n) is 13.1. The molecule has 2 fully saturated rings. The van der Waals surface area contributed by atoms with Gasteiger partial charge in [-0.15, -0.1) is 0 Å². The van der Waals surface area contributed by atoms with E-state index in [2.05, 4.69) is 33.3 Å². The van der Waals surface area contributed by atoms with E-state index in [-0.39, 0.29) is 0 Å². The van der Waals surface area contributed by atoms with Gasteiger partial charge in [-0.05, 0) is 43.0 Å². The summed E-state index contributed by atoms with van der Waals surface area (Å²) in [4.78, 5) is 5.03. The number of piperazine rings is 1. The van der Waals surface area contributed by atoms with E-state index < -0.39 is 0 Å². The van der Waals surface area contributed by atoms with Crippen LogP contribution in [0.2, 0.25) is 0 Å². The molecule has 0 aliphatic carbocycles. The first-order valence-electron chi connectivity index (χ1n) is 8.22. The van der Waals surface area contributed by atoms with Crippen LogP contribution in [0.3, 0.4) is 0 Å². The van der Waals surface area contributed by atoms with E-state index in [9.17, 15) is 0 Å². The van der Waals surface area contributed by atoms with Gasteiger partial charge in [0.2, 0.25) is 0 Å². The van der Waals surface area contributed by atoms with Gasteiger partial charge in [-0.25, -0.2) is 0 Å². The van der Waals surface area contributed by atoms with Crippen LogP contribution in [0.5, 0.6) is 5.75 Å². The highest BCUT2D eigenvalue weighted by Crippen LogP contribution is 2.27. The zero-order valence-corrected chi connectivity index (χ0v) is 13.1. The first kappa shape index (κ1) is 14.7. The fourth-order valence-electron chi connectivity index (χ4n) is 3.35. The third kappa shape index (κ3) is 3.69. The van der Waals surface area contributed by atoms with Gasteiger partial charge < -0.3 is 19.9 Å². The molecular formula is C17H27N3O. The maximum absolute atomic E-state index is 5.55. The lowest BCUT2D eigenvalue weighted by atomic mass is 10.1. The molecule has 0 bridgehead atoms. The first-order valence-corrected chi connectivity index (χ1v) is 8.22. The van der Waals surface area contributed by atoms with Crippen LogP contribution in [0.4, 0.5) is 5.69 Å². The van der Waals surface area contributed by atoms with Crippen LogP contribution in [-0.2, 0) is 6.42 Å². The van der Waals surface area contributed by atoms with Crippen LogP contribution in [0.25, 0.3) is 0 Å². The normalized spacial score (nSPS) is 20.0. The summed E-state index contributed by atoms with van der Waals surface area (Å²) in [6.07, 6.45) is 3.72. The molecule has 4 heteroatoms. The molecule has 4 nitrogen and oxygen atoms in total. The molecule has 2 aliphatic rings. The smallest absolute Gasteiger partial charge is 0.122 e. The van der Waals surface area contributed by atoms with Crippen LogP contribution < -0.4 is 15.0 Å². The number of nitrogens with zero attached hydrogens (tertiary/aromatic N) is 2. The van der Waals surface area contributed by atoms with E-state index in [1.54, 1.807) is 7.11 Å². The third-order valence-electron chi connectivity index (χ3n) is 4.64. The van der Waals surface area contributed by atoms with Crippen molar-refractivity contribution in [3.8, 4) is 5.75 Å². The average molecular weight is 289 g/mol. The lowest BCUT2D eigenvalue weighted by Crippen LogP contribution is -2.44. The lowest BCUT2D eigenvalue weighted by molar-refractivity contribution is 0.243. The van der Waals surface area contributed by atoms with E-state index in [0.29, 0.717) is 0 Å². The molecule has 116 valence electrons. The second-order valence-electron chi connectivity index (χ2n) is 6.03. The minimum Gasteiger partial charge on any atom is -0.496 e. The molecule has 0 saturated carbocycles. The molecule has 3 rings (SSSR count). The maximum atomic E-state index is 5.55. The van der Waals surface area contributed by atoms with Gasteiger partial charge in [-0.1, -0.05) is 0 Å². The Morgan fingerprint density at radius 2 is 1.86 bits per heavy atom. The number of hydrogen-bond acceptors (Lipinski definition) is 4. The summed E-state index contributed by atoms with van der Waals surface area (Å²) in [5.74, 6) is 1.04. The number of rotatable bonds is 5. The Morgan fingerprint density at radius 3 is 2.57 bits per heavy atom. The maximum Gasteiger partial charge on any atom is 0.122 e. The number of nitrogens with one attached hydrogen (secondary N) is 1. The second-order valence-corrected chi connectivity index (χ2v) is 6.03. The fourth-order valence-corrected chi connectivity index (χ4v) is 3.35.